The standard InChI is InChI=1S/C11H11ClO/c1-2-10(13)8-7-9-5-3-4-6-11(9)12/h3-6,10,13H,2H2,1H3. The topological polar surface area (TPSA) is 20.2 Å². The molecule has 0 aromatic heterocycles. The van der Waals surface area contributed by atoms with Crippen molar-refractivity contribution in [1.29, 1.82) is 0 Å². The Morgan fingerprint density at radius 1 is 1.46 bits per heavy atom. The number of rotatable bonds is 1. The molecule has 1 N–H and O–H groups in total. The van der Waals surface area contributed by atoms with Crippen LogP contribution >= 0.6 is 11.6 Å². The van der Waals surface area contributed by atoms with Crippen LogP contribution < -0.4 is 0 Å². The largest absolute Gasteiger partial charge is 0.380 e. The van der Waals surface area contributed by atoms with Gasteiger partial charge in [0.15, 0.2) is 0 Å². The maximum Gasteiger partial charge on any atom is 0.114 e. The third-order valence-electron chi connectivity index (χ3n) is 1.63. The van der Waals surface area contributed by atoms with Crippen LogP contribution in [0.15, 0.2) is 24.3 Å². The van der Waals surface area contributed by atoms with Gasteiger partial charge < -0.3 is 5.11 Å². The highest BCUT2D eigenvalue weighted by Crippen LogP contribution is 2.13. The summed E-state index contributed by atoms with van der Waals surface area (Å²) in [6, 6.07) is 7.33. The van der Waals surface area contributed by atoms with Gasteiger partial charge >= 0.3 is 0 Å². The lowest BCUT2D eigenvalue weighted by molar-refractivity contribution is 0.228. The summed E-state index contributed by atoms with van der Waals surface area (Å²) in [5.74, 6) is 5.54. The van der Waals surface area contributed by atoms with Crippen LogP contribution in [0.2, 0.25) is 5.02 Å². The third-order valence-corrected chi connectivity index (χ3v) is 1.96. The molecule has 0 amide bonds. The Morgan fingerprint density at radius 2 is 2.15 bits per heavy atom. The molecule has 0 aliphatic heterocycles. The number of halogens is 1. The van der Waals surface area contributed by atoms with Gasteiger partial charge in [0.25, 0.3) is 0 Å². The average molecular weight is 195 g/mol. The van der Waals surface area contributed by atoms with Gasteiger partial charge in [-0.3, -0.25) is 0 Å². The van der Waals surface area contributed by atoms with E-state index in [2.05, 4.69) is 11.8 Å². The predicted molar refractivity (Wildman–Crippen MR) is 54.6 cm³/mol. The van der Waals surface area contributed by atoms with Gasteiger partial charge in [0, 0.05) is 5.56 Å². The van der Waals surface area contributed by atoms with Gasteiger partial charge in [0.2, 0.25) is 0 Å². The summed E-state index contributed by atoms with van der Waals surface area (Å²) in [5, 5.41) is 9.82. The molecule has 68 valence electrons. The molecule has 0 saturated carbocycles. The summed E-state index contributed by atoms with van der Waals surface area (Å²) in [6.45, 7) is 1.88. The minimum Gasteiger partial charge on any atom is -0.380 e. The molecule has 0 spiro atoms. The highest BCUT2D eigenvalue weighted by Gasteiger charge is 1.95. The molecule has 0 aliphatic rings. The van der Waals surface area contributed by atoms with E-state index in [4.69, 9.17) is 11.6 Å². The van der Waals surface area contributed by atoms with Crippen LogP contribution in [0.3, 0.4) is 0 Å². The van der Waals surface area contributed by atoms with Crippen LogP contribution in [0, 0.1) is 11.8 Å². The second kappa shape index (κ2) is 4.91. The summed E-state index contributed by atoms with van der Waals surface area (Å²) in [7, 11) is 0. The van der Waals surface area contributed by atoms with E-state index in [0.717, 1.165) is 5.56 Å². The molecule has 0 heterocycles. The maximum atomic E-state index is 9.19. The fourth-order valence-corrected chi connectivity index (χ4v) is 1.01. The fourth-order valence-electron chi connectivity index (χ4n) is 0.826. The Labute approximate surface area is 83.4 Å². The zero-order chi connectivity index (χ0) is 9.68. The highest BCUT2D eigenvalue weighted by molar-refractivity contribution is 6.31. The van der Waals surface area contributed by atoms with Crippen molar-refractivity contribution in [3.63, 3.8) is 0 Å². The van der Waals surface area contributed by atoms with E-state index in [0.29, 0.717) is 11.4 Å². The second-order valence-corrected chi connectivity index (χ2v) is 3.08. The summed E-state index contributed by atoms with van der Waals surface area (Å²) in [4.78, 5) is 0. The van der Waals surface area contributed by atoms with E-state index in [1.807, 2.05) is 25.1 Å². The van der Waals surface area contributed by atoms with Crippen molar-refractivity contribution in [1.82, 2.24) is 0 Å². The summed E-state index contributed by atoms with van der Waals surface area (Å²) in [5.41, 5.74) is 0.761. The van der Waals surface area contributed by atoms with Crippen LogP contribution in [-0.2, 0) is 0 Å². The smallest absolute Gasteiger partial charge is 0.114 e. The minimum absolute atomic E-state index is 0.559. The van der Waals surface area contributed by atoms with Gasteiger partial charge in [-0.15, -0.1) is 0 Å². The molecule has 13 heavy (non-hydrogen) atoms. The van der Waals surface area contributed by atoms with Gasteiger partial charge in [-0.2, -0.15) is 0 Å². The van der Waals surface area contributed by atoms with Crippen molar-refractivity contribution in [3.8, 4) is 11.8 Å². The van der Waals surface area contributed by atoms with E-state index >= 15 is 0 Å². The Bertz CT molecular complexity index is 335. The zero-order valence-electron chi connectivity index (χ0n) is 7.42. The number of benzene rings is 1. The normalized spacial score (nSPS) is 11.6. The van der Waals surface area contributed by atoms with E-state index < -0.39 is 6.10 Å². The number of hydrogen-bond acceptors (Lipinski definition) is 1. The molecule has 0 aliphatic carbocycles. The maximum absolute atomic E-state index is 9.19. The van der Waals surface area contributed by atoms with E-state index in [9.17, 15) is 5.11 Å². The first-order valence-corrected chi connectivity index (χ1v) is 4.56. The lowest BCUT2D eigenvalue weighted by atomic mass is 10.2. The number of aliphatic hydroxyl groups excluding tert-OH is 1. The quantitative estimate of drug-likeness (QED) is 0.681. The molecular formula is C11H11ClO. The first kappa shape index (κ1) is 10.1. The number of aliphatic hydroxyl groups is 1. The third kappa shape index (κ3) is 3.10. The van der Waals surface area contributed by atoms with Crippen molar-refractivity contribution in [2.45, 2.75) is 19.4 Å². The summed E-state index contributed by atoms with van der Waals surface area (Å²) in [6.07, 6.45) is 0.0774. The van der Waals surface area contributed by atoms with Crippen LogP contribution in [0.5, 0.6) is 0 Å². The first-order chi connectivity index (χ1) is 6.24. The Balaban J connectivity index is 2.83. The van der Waals surface area contributed by atoms with E-state index in [1.54, 1.807) is 6.07 Å². The van der Waals surface area contributed by atoms with Crippen LogP contribution in [0.25, 0.3) is 0 Å². The number of hydrogen-bond donors (Lipinski definition) is 1. The van der Waals surface area contributed by atoms with Crippen molar-refractivity contribution in [3.05, 3.63) is 34.9 Å². The zero-order valence-corrected chi connectivity index (χ0v) is 8.17. The Morgan fingerprint density at radius 3 is 2.77 bits per heavy atom. The lowest BCUT2D eigenvalue weighted by Crippen LogP contribution is -1.98. The molecule has 1 unspecified atom stereocenters. The highest BCUT2D eigenvalue weighted by atomic mass is 35.5. The molecule has 0 saturated heterocycles. The van der Waals surface area contributed by atoms with E-state index in [1.165, 1.54) is 0 Å². The average Bonchev–Trinajstić information content (AvgIpc) is 2.16. The van der Waals surface area contributed by atoms with E-state index in [-0.39, 0.29) is 0 Å². The lowest BCUT2D eigenvalue weighted by Gasteiger charge is -1.96. The summed E-state index contributed by atoms with van der Waals surface area (Å²) < 4.78 is 0. The minimum atomic E-state index is -0.559. The van der Waals surface area contributed by atoms with Gasteiger partial charge in [-0.05, 0) is 18.6 Å². The molecule has 1 nitrogen and oxygen atoms in total. The fraction of sp³-hybridized carbons (Fsp3) is 0.273. The van der Waals surface area contributed by atoms with Crippen molar-refractivity contribution in [2.75, 3.05) is 0 Å². The molecule has 2 heteroatoms. The van der Waals surface area contributed by atoms with Crippen molar-refractivity contribution in [2.24, 2.45) is 0 Å². The van der Waals surface area contributed by atoms with Crippen LogP contribution in [0.1, 0.15) is 18.9 Å². The molecule has 0 fully saturated rings. The Hall–Kier alpha value is -0.970. The monoisotopic (exact) mass is 194 g/mol. The van der Waals surface area contributed by atoms with Gasteiger partial charge in [0.1, 0.15) is 6.10 Å². The molecule has 0 bridgehead atoms. The molecular weight excluding hydrogens is 184 g/mol. The molecule has 1 atom stereocenters. The van der Waals surface area contributed by atoms with Gasteiger partial charge in [0.05, 0.1) is 5.02 Å². The van der Waals surface area contributed by atoms with Gasteiger partial charge in [-0.25, -0.2) is 0 Å². The molecule has 1 aromatic rings. The predicted octanol–water partition coefficient (Wildman–Crippen LogP) is 2.46. The molecule has 1 rings (SSSR count). The second-order valence-electron chi connectivity index (χ2n) is 2.67. The Kier molecular flexibility index (Phi) is 3.82. The molecule has 1 aromatic carbocycles. The van der Waals surface area contributed by atoms with Crippen LogP contribution in [-0.4, -0.2) is 11.2 Å². The SMILES string of the molecule is CCC(O)C#Cc1ccccc1Cl. The van der Waals surface area contributed by atoms with Crippen molar-refractivity contribution >= 4 is 11.6 Å². The summed E-state index contributed by atoms with van der Waals surface area (Å²) >= 11 is 5.87. The van der Waals surface area contributed by atoms with Crippen LogP contribution in [0.4, 0.5) is 0 Å². The molecule has 0 radical (unpaired) electrons. The van der Waals surface area contributed by atoms with Gasteiger partial charge in [-0.1, -0.05) is 42.5 Å². The van der Waals surface area contributed by atoms with Crippen molar-refractivity contribution < 1.29 is 5.11 Å². The first-order valence-electron chi connectivity index (χ1n) is 4.18.